The molecule has 0 unspecified atom stereocenters. The molecule has 0 radical (unpaired) electrons. The van der Waals surface area contributed by atoms with Crippen LogP contribution in [0.25, 0.3) is 0 Å². The zero-order valence-corrected chi connectivity index (χ0v) is 9.44. The zero-order chi connectivity index (χ0) is 12.0. The van der Waals surface area contributed by atoms with Gasteiger partial charge in [-0.25, -0.2) is 9.59 Å². The van der Waals surface area contributed by atoms with Gasteiger partial charge in [-0.3, -0.25) is 0 Å². The summed E-state index contributed by atoms with van der Waals surface area (Å²) in [6.07, 6.45) is -0.0416. The molecule has 0 spiro atoms. The molecule has 0 aliphatic heterocycles. The van der Waals surface area contributed by atoms with Gasteiger partial charge >= 0.3 is 11.9 Å². The van der Waals surface area contributed by atoms with Crippen LogP contribution in [0.3, 0.4) is 0 Å². The third-order valence-electron chi connectivity index (χ3n) is 1.32. The predicted octanol–water partition coefficient (Wildman–Crippen LogP) is 0.732. The highest BCUT2D eigenvalue weighted by Gasteiger charge is 2.19. The number of rotatable bonds is 4. The van der Waals surface area contributed by atoms with Crippen molar-refractivity contribution >= 4 is 11.9 Å². The third-order valence-corrected chi connectivity index (χ3v) is 1.32. The predicted molar refractivity (Wildman–Crippen MR) is 54.7 cm³/mol. The Morgan fingerprint density at radius 3 is 2.13 bits per heavy atom. The van der Waals surface area contributed by atoms with E-state index in [1.807, 2.05) is 0 Å². The molecule has 0 bridgehead atoms. The molecule has 0 rings (SSSR count). The van der Waals surface area contributed by atoms with E-state index in [0.717, 1.165) is 6.08 Å². The summed E-state index contributed by atoms with van der Waals surface area (Å²) < 4.78 is 9.60. The summed E-state index contributed by atoms with van der Waals surface area (Å²) in [4.78, 5) is 22.3. The number of carbonyl (C=O) groups excluding carboxylic acids is 2. The molecular weight excluding hydrogens is 198 g/mol. The molecule has 0 aromatic heterocycles. The summed E-state index contributed by atoms with van der Waals surface area (Å²) in [6, 6.07) is 0. The smallest absolute Gasteiger partial charge is 0.347 e. The van der Waals surface area contributed by atoms with Crippen LogP contribution in [0.4, 0.5) is 0 Å². The van der Waals surface area contributed by atoms with Crippen molar-refractivity contribution in [3.05, 3.63) is 11.8 Å². The van der Waals surface area contributed by atoms with E-state index in [2.05, 4.69) is 0 Å². The molecule has 0 aliphatic carbocycles. The lowest BCUT2D eigenvalue weighted by atomic mass is 10.4. The Kier molecular flexibility index (Phi) is 5.44. The van der Waals surface area contributed by atoms with Crippen LogP contribution in [0.2, 0.25) is 0 Å². The number of hydrogen-bond acceptors (Lipinski definition) is 5. The highest BCUT2D eigenvalue weighted by molar-refractivity contribution is 5.85. The van der Waals surface area contributed by atoms with Gasteiger partial charge in [0.25, 0.3) is 0 Å². The first-order chi connectivity index (χ1) is 6.82. The molecule has 5 nitrogen and oxygen atoms in total. The van der Waals surface area contributed by atoms with Gasteiger partial charge in [0.1, 0.15) is 0 Å². The third kappa shape index (κ3) is 6.54. The summed E-state index contributed by atoms with van der Waals surface area (Å²) in [5.74, 6) is -1.22. The lowest BCUT2D eigenvalue weighted by molar-refractivity contribution is -0.166. The first-order valence-electron chi connectivity index (χ1n) is 4.67. The molecule has 5 heteroatoms. The topological polar surface area (TPSA) is 78.6 Å². The Morgan fingerprint density at radius 2 is 1.73 bits per heavy atom. The minimum absolute atomic E-state index is 0.231. The molecule has 0 heterocycles. The second-order valence-electron chi connectivity index (χ2n) is 3.45. The van der Waals surface area contributed by atoms with Crippen LogP contribution in [0.1, 0.15) is 27.7 Å². The fourth-order valence-corrected chi connectivity index (χ4v) is 0.770. The lowest BCUT2D eigenvalue weighted by Crippen LogP contribution is -2.27. The Morgan fingerprint density at radius 1 is 1.20 bits per heavy atom. The van der Waals surface area contributed by atoms with Crippen molar-refractivity contribution in [3.8, 4) is 0 Å². The molecule has 0 fully saturated rings. The molecule has 0 amide bonds. The summed E-state index contributed by atoms with van der Waals surface area (Å²) in [7, 11) is 0. The first-order valence-corrected chi connectivity index (χ1v) is 4.67. The summed E-state index contributed by atoms with van der Waals surface area (Å²) in [5.41, 5.74) is 5.59. The standard InChI is InChI=1S/C10H17NO4/c1-6(2)14-10(13)8(4)15-9(12)5-7(3)11/h5-6,8H,11H2,1-4H3/b7-5-/t8-/m0/s1. The van der Waals surface area contributed by atoms with Gasteiger partial charge in [0.05, 0.1) is 6.10 Å². The fraction of sp³-hybridized carbons (Fsp3) is 0.600. The van der Waals surface area contributed by atoms with E-state index in [1.165, 1.54) is 6.92 Å². The van der Waals surface area contributed by atoms with E-state index in [-0.39, 0.29) is 6.10 Å². The van der Waals surface area contributed by atoms with Gasteiger partial charge in [-0.15, -0.1) is 0 Å². The van der Waals surface area contributed by atoms with Crippen LogP contribution in [0.5, 0.6) is 0 Å². The minimum Gasteiger partial charge on any atom is -0.460 e. The van der Waals surface area contributed by atoms with Gasteiger partial charge in [-0.2, -0.15) is 0 Å². The van der Waals surface area contributed by atoms with Crippen molar-refractivity contribution in [2.75, 3.05) is 0 Å². The van der Waals surface area contributed by atoms with Gasteiger partial charge in [-0.05, 0) is 27.7 Å². The minimum atomic E-state index is -0.921. The van der Waals surface area contributed by atoms with Gasteiger partial charge in [-0.1, -0.05) is 0 Å². The quantitative estimate of drug-likeness (QED) is 0.552. The van der Waals surface area contributed by atoms with Gasteiger partial charge in [0, 0.05) is 11.8 Å². The molecule has 0 aromatic carbocycles. The monoisotopic (exact) mass is 215 g/mol. The molecule has 0 aliphatic rings. The molecule has 0 aromatic rings. The van der Waals surface area contributed by atoms with Crippen molar-refractivity contribution < 1.29 is 19.1 Å². The highest BCUT2D eigenvalue weighted by atomic mass is 16.6. The Balaban J connectivity index is 4.13. The van der Waals surface area contributed by atoms with E-state index in [1.54, 1.807) is 20.8 Å². The maximum atomic E-state index is 11.2. The van der Waals surface area contributed by atoms with Gasteiger partial charge < -0.3 is 15.2 Å². The average molecular weight is 215 g/mol. The van der Waals surface area contributed by atoms with Crippen LogP contribution in [0.15, 0.2) is 11.8 Å². The number of hydrogen-bond donors (Lipinski definition) is 1. The normalized spacial score (nSPS) is 13.5. The number of ether oxygens (including phenoxy) is 2. The largest absolute Gasteiger partial charge is 0.460 e. The van der Waals surface area contributed by atoms with Crippen LogP contribution in [-0.2, 0) is 19.1 Å². The Hall–Kier alpha value is -1.52. The van der Waals surface area contributed by atoms with Crippen LogP contribution < -0.4 is 5.73 Å². The molecule has 15 heavy (non-hydrogen) atoms. The van der Waals surface area contributed by atoms with E-state index >= 15 is 0 Å². The van der Waals surface area contributed by atoms with E-state index < -0.39 is 18.0 Å². The van der Waals surface area contributed by atoms with Crippen LogP contribution in [-0.4, -0.2) is 24.1 Å². The number of allylic oxidation sites excluding steroid dienone is 1. The number of carbonyl (C=O) groups is 2. The molecule has 0 saturated heterocycles. The SMILES string of the molecule is C/C(N)=C/C(=O)O[C@@H](C)C(=O)OC(C)C. The van der Waals surface area contributed by atoms with Crippen molar-refractivity contribution in [3.63, 3.8) is 0 Å². The van der Waals surface area contributed by atoms with E-state index in [4.69, 9.17) is 15.2 Å². The summed E-state index contributed by atoms with van der Waals surface area (Å²) >= 11 is 0. The maximum absolute atomic E-state index is 11.2. The van der Waals surface area contributed by atoms with E-state index in [0.29, 0.717) is 5.70 Å². The van der Waals surface area contributed by atoms with E-state index in [9.17, 15) is 9.59 Å². The highest BCUT2D eigenvalue weighted by Crippen LogP contribution is 2.00. The Labute approximate surface area is 89.2 Å². The molecule has 2 N–H and O–H groups in total. The lowest BCUT2D eigenvalue weighted by Gasteiger charge is -2.13. The molecular formula is C10H17NO4. The van der Waals surface area contributed by atoms with Crippen molar-refractivity contribution in [2.24, 2.45) is 5.73 Å². The van der Waals surface area contributed by atoms with Crippen molar-refractivity contribution in [1.29, 1.82) is 0 Å². The maximum Gasteiger partial charge on any atom is 0.347 e. The molecule has 1 atom stereocenters. The van der Waals surface area contributed by atoms with Gasteiger partial charge in [0.15, 0.2) is 6.10 Å². The first kappa shape index (κ1) is 13.5. The summed E-state index contributed by atoms with van der Waals surface area (Å²) in [6.45, 7) is 6.44. The second-order valence-corrected chi connectivity index (χ2v) is 3.45. The van der Waals surface area contributed by atoms with Crippen LogP contribution >= 0.6 is 0 Å². The number of nitrogens with two attached hydrogens (primary N) is 1. The van der Waals surface area contributed by atoms with Gasteiger partial charge in [0.2, 0.25) is 0 Å². The molecule has 0 saturated carbocycles. The van der Waals surface area contributed by atoms with Crippen LogP contribution in [0, 0.1) is 0 Å². The number of esters is 2. The van der Waals surface area contributed by atoms with Crippen molar-refractivity contribution in [1.82, 2.24) is 0 Å². The summed E-state index contributed by atoms with van der Waals surface area (Å²) in [5, 5.41) is 0. The Bertz CT molecular complexity index is 267. The zero-order valence-electron chi connectivity index (χ0n) is 9.44. The average Bonchev–Trinajstić information content (AvgIpc) is 2.00. The second kappa shape index (κ2) is 6.06. The molecule has 86 valence electrons. The van der Waals surface area contributed by atoms with Crippen molar-refractivity contribution in [2.45, 2.75) is 39.9 Å². The fourth-order valence-electron chi connectivity index (χ4n) is 0.770.